The van der Waals surface area contributed by atoms with E-state index in [0.29, 0.717) is 51.6 Å². The average molecular weight is 585 g/mol. The third kappa shape index (κ3) is 4.51. The minimum absolute atomic E-state index is 0.00278. The minimum atomic E-state index is -0.913. The number of hydrogen-bond donors (Lipinski definition) is 2. The SMILES string of the molecule is CN(C)c1ccc([C@H]2C[C@@H]3CN(Cc4ccc(N)c(O)c4)C[C@@]34C(=O)N(CCN3CCOCC3)C(=O)N24)c2ccccc12. The van der Waals surface area contributed by atoms with Gasteiger partial charge in [-0.05, 0) is 41.1 Å². The molecule has 3 aromatic carbocycles. The Kier molecular flexibility index (Phi) is 6.95. The number of nitrogens with zero attached hydrogens (tertiary/aromatic N) is 5. The number of rotatable bonds is 7. The number of phenolic OH excluding ortho intramolecular Hbond substituents is 1. The van der Waals surface area contributed by atoms with E-state index >= 15 is 0 Å². The highest BCUT2D eigenvalue weighted by atomic mass is 16.5. The molecule has 1 spiro atoms. The lowest BCUT2D eigenvalue weighted by Crippen LogP contribution is -2.51. The van der Waals surface area contributed by atoms with Crippen LogP contribution in [0.5, 0.6) is 5.75 Å². The lowest BCUT2D eigenvalue weighted by Gasteiger charge is -2.32. The van der Waals surface area contributed by atoms with Gasteiger partial charge in [-0.2, -0.15) is 0 Å². The molecular formula is C33H40N6O4. The van der Waals surface area contributed by atoms with E-state index in [2.05, 4.69) is 45.0 Å². The predicted molar refractivity (Wildman–Crippen MR) is 166 cm³/mol. The molecule has 3 aromatic rings. The standard InChI is InChI=1S/C33H40N6O4/c1-35(2)28-10-8-26(24-5-3-4-6-25(24)28)29-18-23-20-37(19-22-7-9-27(34)30(40)17-22)21-33(23)31(41)38(32(42)39(29)33)12-11-36-13-15-43-16-14-36/h3-10,17,23,29,40H,11-16,18-21,34H2,1-2H3/t23-,29-,33+/m1/s1. The van der Waals surface area contributed by atoms with E-state index in [-0.39, 0.29) is 29.6 Å². The van der Waals surface area contributed by atoms with Crippen molar-refractivity contribution in [1.82, 2.24) is 19.6 Å². The van der Waals surface area contributed by atoms with Crippen molar-refractivity contribution in [3.05, 3.63) is 65.7 Å². The van der Waals surface area contributed by atoms with E-state index in [0.717, 1.165) is 47.1 Å². The summed E-state index contributed by atoms with van der Waals surface area (Å²) >= 11 is 0. The molecule has 0 aromatic heterocycles. The smallest absolute Gasteiger partial charge is 0.328 e. The summed E-state index contributed by atoms with van der Waals surface area (Å²) in [6, 6.07) is 17.6. The monoisotopic (exact) mass is 584 g/mol. The Hall–Kier alpha value is -3.86. The van der Waals surface area contributed by atoms with Crippen LogP contribution in [0.4, 0.5) is 16.2 Å². The van der Waals surface area contributed by atoms with Crippen LogP contribution in [0, 0.1) is 5.92 Å². The summed E-state index contributed by atoms with van der Waals surface area (Å²) in [6.45, 7) is 5.72. The number of likely N-dealkylation sites (tertiary alicyclic amines) is 1. The Morgan fingerprint density at radius 2 is 1.77 bits per heavy atom. The molecule has 4 saturated heterocycles. The molecule has 3 amide bonds. The number of benzene rings is 3. The van der Waals surface area contributed by atoms with Crippen molar-refractivity contribution in [2.75, 3.05) is 77.2 Å². The fourth-order valence-corrected chi connectivity index (χ4v) is 7.88. The van der Waals surface area contributed by atoms with Gasteiger partial charge in [0.2, 0.25) is 0 Å². The molecule has 3 atom stereocenters. The first-order chi connectivity index (χ1) is 20.8. The molecule has 4 heterocycles. The van der Waals surface area contributed by atoms with Crippen molar-refractivity contribution in [3.8, 4) is 5.75 Å². The second kappa shape index (κ2) is 10.7. The van der Waals surface area contributed by atoms with Crippen LogP contribution < -0.4 is 10.6 Å². The van der Waals surface area contributed by atoms with E-state index in [1.807, 2.05) is 31.1 Å². The fourth-order valence-electron chi connectivity index (χ4n) is 7.88. The zero-order chi connectivity index (χ0) is 29.9. The number of aromatic hydroxyl groups is 1. The van der Waals surface area contributed by atoms with E-state index in [1.54, 1.807) is 12.1 Å². The fraction of sp³-hybridized carbons (Fsp3) is 0.455. The summed E-state index contributed by atoms with van der Waals surface area (Å²) in [5.41, 5.74) is 8.42. The third-order valence-electron chi connectivity index (χ3n) is 9.94. The van der Waals surface area contributed by atoms with Gasteiger partial charge >= 0.3 is 6.03 Å². The number of fused-ring (bicyclic) bond motifs is 1. The number of anilines is 2. The highest BCUT2D eigenvalue weighted by Gasteiger charge is 2.70. The zero-order valence-corrected chi connectivity index (χ0v) is 24.9. The van der Waals surface area contributed by atoms with Gasteiger partial charge in [-0.1, -0.05) is 36.4 Å². The van der Waals surface area contributed by atoms with Crippen molar-refractivity contribution in [2.45, 2.75) is 24.5 Å². The number of ether oxygens (including phenoxy) is 1. The summed E-state index contributed by atoms with van der Waals surface area (Å²) < 4.78 is 5.50. The lowest BCUT2D eigenvalue weighted by molar-refractivity contribution is -0.133. The molecule has 4 aliphatic heterocycles. The average Bonchev–Trinajstić information content (AvgIpc) is 3.58. The highest BCUT2D eigenvalue weighted by Crippen LogP contribution is 2.56. The minimum Gasteiger partial charge on any atom is -0.506 e. The number of imide groups is 1. The van der Waals surface area contributed by atoms with Crippen molar-refractivity contribution in [2.24, 2.45) is 5.92 Å². The summed E-state index contributed by atoms with van der Waals surface area (Å²) in [5.74, 6) is -0.0154. The van der Waals surface area contributed by atoms with Crippen molar-refractivity contribution < 1.29 is 19.4 Å². The molecule has 4 fully saturated rings. The summed E-state index contributed by atoms with van der Waals surface area (Å²) in [4.78, 5) is 38.9. The number of amides is 3. The van der Waals surface area contributed by atoms with Gasteiger partial charge in [-0.3, -0.25) is 19.5 Å². The zero-order valence-electron chi connectivity index (χ0n) is 24.9. The molecule has 10 heteroatoms. The summed E-state index contributed by atoms with van der Waals surface area (Å²) in [5, 5.41) is 12.5. The largest absolute Gasteiger partial charge is 0.506 e. The maximum atomic E-state index is 14.5. The normalized spacial score (nSPS) is 26.0. The van der Waals surface area contributed by atoms with Gasteiger partial charge in [0.05, 0.1) is 24.9 Å². The number of phenols is 1. The van der Waals surface area contributed by atoms with Crippen LogP contribution in [0.15, 0.2) is 54.6 Å². The van der Waals surface area contributed by atoms with E-state index in [4.69, 9.17) is 10.5 Å². The van der Waals surface area contributed by atoms with Crippen LogP contribution >= 0.6 is 0 Å². The van der Waals surface area contributed by atoms with Gasteiger partial charge in [0.15, 0.2) is 0 Å². The lowest BCUT2D eigenvalue weighted by atomic mass is 9.87. The number of urea groups is 1. The van der Waals surface area contributed by atoms with E-state index < -0.39 is 5.54 Å². The number of hydrogen-bond acceptors (Lipinski definition) is 8. The maximum Gasteiger partial charge on any atom is 0.328 e. The van der Waals surface area contributed by atoms with Crippen molar-refractivity contribution in [3.63, 3.8) is 0 Å². The predicted octanol–water partition coefficient (Wildman–Crippen LogP) is 3.11. The van der Waals surface area contributed by atoms with Crippen LogP contribution in [0.1, 0.15) is 23.6 Å². The highest BCUT2D eigenvalue weighted by molar-refractivity contribution is 6.09. The Labute approximate surface area is 252 Å². The van der Waals surface area contributed by atoms with Gasteiger partial charge in [-0.15, -0.1) is 0 Å². The van der Waals surface area contributed by atoms with Gasteiger partial charge < -0.3 is 25.4 Å². The van der Waals surface area contributed by atoms with E-state index in [9.17, 15) is 14.7 Å². The Balaban J connectivity index is 1.24. The second-order valence-electron chi connectivity index (χ2n) is 12.6. The summed E-state index contributed by atoms with van der Waals surface area (Å²) in [7, 11) is 4.08. The van der Waals surface area contributed by atoms with Crippen LogP contribution in [-0.2, 0) is 16.1 Å². The maximum absolute atomic E-state index is 14.5. The molecule has 226 valence electrons. The Bertz CT molecular complexity index is 1570. The van der Waals surface area contributed by atoms with Crippen molar-refractivity contribution >= 4 is 34.1 Å². The first-order valence-corrected chi connectivity index (χ1v) is 15.2. The number of morpholine rings is 1. The van der Waals surface area contributed by atoms with Crippen LogP contribution in [-0.4, -0.2) is 109 Å². The quantitative estimate of drug-likeness (QED) is 0.248. The van der Waals surface area contributed by atoms with Gasteiger partial charge in [0.1, 0.15) is 11.3 Å². The molecule has 10 nitrogen and oxygen atoms in total. The first kappa shape index (κ1) is 27.9. The molecular weight excluding hydrogens is 544 g/mol. The molecule has 0 unspecified atom stereocenters. The number of carbonyl (C=O) groups is 2. The summed E-state index contributed by atoms with van der Waals surface area (Å²) in [6.07, 6.45) is 0.726. The molecule has 3 N–H and O–H groups in total. The molecule has 43 heavy (non-hydrogen) atoms. The van der Waals surface area contributed by atoms with Gasteiger partial charge in [0.25, 0.3) is 5.91 Å². The molecule has 4 aliphatic rings. The van der Waals surface area contributed by atoms with Crippen LogP contribution in [0.25, 0.3) is 10.8 Å². The van der Waals surface area contributed by atoms with Crippen LogP contribution in [0.3, 0.4) is 0 Å². The van der Waals surface area contributed by atoms with Crippen LogP contribution in [0.2, 0.25) is 0 Å². The van der Waals surface area contributed by atoms with E-state index in [1.165, 1.54) is 4.90 Å². The molecule has 0 aliphatic carbocycles. The van der Waals surface area contributed by atoms with Crippen molar-refractivity contribution in [1.29, 1.82) is 0 Å². The Morgan fingerprint density at radius 1 is 1.00 bits per heavy atom. The van der Waals surface area contributed by atoms with Gasteiger partial charge in [0, 0.05) is 76.9 Å². The topological polar surface area (TPSA) is 106 Å². The number of nitrogen functional groups attached to an aromatic ring is 1. The van der Waals surface area contributed by atoms with Gasteiger partial charge in [-0.25, -0.2) is 4.79 Å². The number of nitrogens with two attached hydrogens (primary N) is 1. The second-order valence-corrected chi connectivity index (χ2v) is 12.6. The number of carbonyl (C=O) groups excluding carboxylic acids is 2. The molecule has 0 radical (unpaired) electrons. The third-order valence-corrected chi connectivity index (χ3v) is 9.94. The Morgan fingerprint density at radius 3 is 2.51 bits per heavy atom. The first-order valence-electron chi connectivity index (χ1n) is 15.2. The molecule has 0 bridgehead atoms. The molecule has 7 rings (SSSR count). The molecule has 0 saturated carbocycles.